The second-order valence-electron chi connectivity index (χ2n) is 4.64. The molecule has 0 aliphatic carbocycles. The Labute approximate surface area is 99.4 Å². The third-order valence-corrected chi connectivity index (χ3v) is 3.75. The van der Waals surface area contributed by atoms with Gasteiger partial charge in [-0.1, -0.05) is 11.6 Å². The number of carbonyl (C=O) groups excluding carboxylic acids is 1. The van der Waals surface area contributed by atoms with Gasteiger partial charge in [-0.15, -0.1) is 0 Å². The number of halogens is 1. The number of hydrogen-bond acceptors (Lipinski definition) is 2. The van der Waals surface area contributed by atoms with Crippen LogP contribution in [0.4, 0.5) is 5.69 Å². The molecule has 3 rings (SSSR count). The van der Waals surface area contributed by atoms with Crippen molar-refractivity contribution in [3.05, 3.63) is 28.8 Å². The van der Waals surface area contributed by atoms with Crippen LogP contribution >= 0.6 is 11.6 Å². The molecule has 4 heteroatoms. The molecule has 16 heavy (non-hydrogen) atoms. The van der Waals surface area contributed by atoms with Gasteiger partial charge in [0.05, 0.1) is 11.3 Å². The van der Waals surface area contributed by atoms with Crippen molar-refractivity contribution < 1.29 is 4.79 Å². The third-order valence-electron chi connectivity index (χ3n) is 3.52. The second kappa shape index (κ2) is 3.14. The van der Waals surface area contributed by atoms with Crippen LogP contribution in [0, 0.1) is 0 Å². The highest BCUT2D eigenvalue weighted by molar-refractivity contribution is 6.31. The zero-order valence-electron chi connectivity index (χ0n) is 9.09. The number of nitrogens with one attached hydrogen (secondary N) is 1. The number of rotatable bonds is 0. The van der Waals surface area contributed by atoms with E-state index >= 15 is 0 Å². The molecule has 3 nitrogen and oxygen atoms in total. The molecule has 0 aromatic heterocycles. The molecule has 0 saturated carbocycles. The van der Waals surface area contributed by atoms with Gasteiger partial charge in [0.1, 0.15) is 5.66 Å². The highest BCUT2D eigenvalue weighted by atomic mass is 35.5. The molecule has 1 saturated heterocycles. The van der Waals surface area contributed by atoms with E-state index in [1.807, 2.05) is 12.1 Å². The number of hydrogen-bond donors (Lipinski definition) is 1. The smallest absolute Gasteiger partial charge is 0.255 e. The zero-order valence-corrected chi connectivity index (χ0v) is 9.84. The van der Waals surface area contributed by atoms with E-state index in [0.29, 0.717) is 10.6 Å². The normalized spacial score (nSPS) is 27.4. The largest absolute Gasteiger partial charge is 0.348 e. The van der Waals surface area contributed by atoms with Crippen molar-refractivity contribution in [2.24, 2.45) is 0 Å². The Morgan fingerprint density at radius 2 is 2.31 bits per heavy atom. The maximum atomic E-state index is 12.0. The monoisotopic (exact) mass is 236 g/mol. The molecule has 1 atom stereocenters. The van der Waals surface area contributed by atoms with Crippen LogP contribution in [-0.4, -0.2) is 18.1 Å². The van der Waals surface area contributed by atoms with E-state index in [1.165, 1.54) is 0 Å². The maximum Gasteiger partial charge on any atom is 0.255 e. The molecule has 1 fully saturated rings. The van der Waals surface area contributed by atoms with Crippen LogP contribution in [0.2, 0.25) is 5.02 Å². The molecule has 1 aromatic rings. The molecular weight excluding hydrogens is 224 g/mol. The van der Waals surface area contributed by atoms with Crippen molar-refractivity contribution in [1.29, 1.82) is 0 Å². The highest BCUT2D eigenvalue weighted by Gasteiger charge is 2.43. The summed E-state index contributed by atoms with van der Waals surface area (Å²) in [6.45, 7) is 3.07. The lowest BCUT2D eigenvalue weighted by Crippen LogP contribution is -2.59. The summed E-state index contributed by atoms with van der Waals surface area (Å²) < 4.78 is 0. The van der Waals surface area contributed by atoms with Crippen molar-refractivity contribution in [3.8, 4) is 0 Å². The van der Waals surface area contributed by atoms with E-state index in [0.717, 1.165) is 25.1 Å². The molecule has 2 aliphatic heterocycles. The summed E-state index contributed by atoms with van der Waals surface area (Å²) in [6, 6.07) is 5.53. The SMILES string of the molecule is CC12CCCN1c1ccc(Cl)cc1C(=O)N2. The van der Waals surface area contributed by atoms with Crippen molar-refractivity contribution in [2.75, 3.05) is 11.4 Å². The van der Waals surface area contributed by atoms with Crippen molar-refractivity contribution in [1.82, 2.24) is 5.32 Å². The van der Waals surface area contributed by atoms with E-state index in [4.69, 9.17) is 11.6 Å². The summed E-state index contributed by atoms with van der Waals surface area (Å²) in [5.41, 5.74) is 1.48. The molecule has 0 radical (unpaired) electrons. The van der Waals surface area contributed by atoms with Crippen LogP contribution in [0.25, 0.3) is 0 Å². The third kappa shape index (κ3) is 1.24. The van der Waals surface area contributed by atoms with Gasteiger partial charge < -0.3 is 10.2 Å². The minimum atomic E-state index is -0.210. The van der Waals surface area contributed by atoms with Gasteiger partial charge in [0.25, 0.3) is 5.91 Å². The van der Waals surface area contributed by atoms with Crippen LogP contribution in [0.1, 0.15) is 30.1 Å². The van der Waals surface area contributed by atoms with Crippen molar-refractivity contribution in [3.63, 3.8) is 0 Å². The lowest BCUT2D eigenvalue weighted by molar-refractivity contribution is 0.0897. The van der Waals surface area contributed by atoms with Crippen molar-refractivity contribution in [2.45, 2.75) is 25.4 Å². The van der Waals surface area contributed by atoms with Crippen LogP contribution in [0.15, 0.2) is 18.2 Å². The molecule has 1 unspecified atom stereocenters. The van der Waals surface area contributed by atoms with Gasteiger partial charge in [-0.05, 0) is 38.0 Å². The quantitative estimate of drug-likeness (QED) is 0.750. The molecule has 2 heterocycles. The molecule has 0 spiro atoms. The molecule has 1 N–H and O–H groups in total. The molecular formula is C12H13ClN2O. The van der Waals surface area contributed by atoms with Gasteiger partial charge in [-0.2, -0.15) is 0 Å². The highest BCUT2D eigenvalue weighted by Crippen LogP contribution is 2.38. The van der Waals surface area contributed by atoms with Gasteiger partial charge in [0, 0.05) is 11.6 Å². The van der Waals surface area contributed by atoms with E-state index in [9.17, 15) is 4.79 Å². The first kappa shape index (κ1) is 9.97. The van der Waals surface area contributed by atoms with Gasteiger partial charge in [0.15, 0.2) is 0 Å². The predicted octanol–water partition coefficient (Wildman–Crippen LogP) is 2.40. The van der Waals surface area contributed by atoms with Gasteiger partial charge in [0.2, 0.25) is 0 Å². The first-order valence-electron chi connectivity index (χ1n) is 5.50. The molecule has 84 valence electrons. The van der Waals surface area contributed by atoms with Gasteiger partial charge in [-0.25, -0.2) is 0 Å². The lowest BCUT2D eigenvalue weighted by atomic mass is 10.0. The number of carbonyl (C=O) groups is 1. The van der Waals surface area contributed by atoms with Crippen LogP contribution in [-0.2, 0) is 0 Å². The summed E-state index contributed by atoms with van der Waals surface area (Å²) in [7, 11) is 0. The molecule has 1 aromatic carbocycles. The maximum absolute atomic E-state index is 12.0. The minimum absolute atomic E-state index is 0.0156. The Balaban J connectivity index is 2.17. The second-order valence-corrected chi connectivity index (χ2v) is 5.08. The van der Waals surface area contributed by atoms with E-state index < -0.39 is 0 Å². The zero-order chi connectivity index (χ0) is 11.3. The van der Waals surface area contributed by atoms with E-state index in [-0.39, 0.29) is 11.6 Å². The van der Waals surface area contributed by atoms with Gasteiger partial charge >= 0.3 is 0 Å². The van der Waals surface area contributed by atoms with Crippen molar-refractivity contribution >= 4 is 23.2 Å². The number of nitrogens with zero attached hydrogens (tertiary/aromatic N) is 1. The first-order chi connectivity index (χ1) is 7.60. The summed E-state index contributed by atoms with van der Waals surface area (Å²) in [5, 5.41) is 3.67. The molecule has 0 bridgehead atoms. The Bertz CT molecular complexity index is 474. The molecule has 2 aliphatic rings. The average Bonchev–Trinajstić information content (AvgIpc) is 2.60. The summed E-state index contributed by atoms with van der Waals surface area (Å²) in [5.74, 6) is -0.0156. The fourth-order valence-electron chi connectivity index (χ4n) is 2.72. The topological polar surface area (TPSA) is 32.3 Å². The van der Waals surface area contributed by atoms with E-state index in [1.54, 1.807) is 6.07 Å². The number of amides is 1. The first-order valence-corrected chi connectivity index (χ1v) is 5.88. The lowest BCUT2D eigenvalue weighted by Gasteiger charge is -2.42. The predicted molar refractivity (Wildman–Crippen MR) is 63.9 cm³/mol. The fraction of sp³-hybridized carbons (Fsp3) is 0.417. The summed E-state index contributed by atoms with van der Waals surface area (Å²) in [6.07, 6.45) is 2.11. The average molecular weight is 237 g/mol. The Morgan fingerprint density at radius 3 is 3.12 bits per heavy atom. The fourth-order valence-corrected chi connectivity index (χ4v) is 2.89. The van der Waals surface area contributed by atoms with Crippen LogP contribution < -0.4 is 10.2 Å². The summed E-state index contributed by atoms with van der Waals surface area (Å²) >= 11 is 5.92. The number of benzene rings is 1. The standard InChI is InChI=1S/C12H13ClN2O/c1-12-5-2-6-15(12)10-4-3-8(13)7-9(10)11(16)14-12/h3-4,7H,2,5-6H2,1H3,(H,14,16). The van der Waals surface area contributed by atoms with Crippen LogP contribution in [0.3, 0.4) is 0 Å². The number of anilines is 1. The Kier molecular flexibility index (Phi) is 1.96. The summed E-state index contributed by atoms with van der Waals surface area (Å²) in [4.78, 5) is 14.3. The van der Waals surface area contributed by atoms with Gasteiger partial charge in [-0.3, -0.25) is 4.79 Å². The number of fused-ring (bicyclic) bond motifs is 3. The Morgan fingerprint density at radius 1 is 1.50 bits per heavy atom. The Hall–Kier alpha value is -1.22. The minimum Gasteiger partial charge on any atom is -0.348 e. The van der Waals surface area contributed by atoms with Crippen LogP contribution in [0.5, 0.6) is 0 Å². The molecule has 1 amide bonds. The van der Waals surface area contributed by atoms with E-state index in [2.05, 4.69) is 17.1 Å².